The van der Waals surface area contributed by atoms with Gasteiger partial charge in [-0.1, -0.05) is 74.3 Å². The Kier molecular flexibility index (Phi) is 7.59. The number of unbranched alkanes of at least 4 members (excludes halogenated alkanes) is 1. The summed E-state index contributed by atoms with van der Waals surface area (Å²) >= 11 is 1.46. The highest BCUT2D eigenvalue weighted by Gasteiger charge is 2.31. The van der Waals surface area contributed by atoms with E-state index in [4.69, 9.17) is 4.74 Å². The van der Waals surface area contributed by atoms with Crippen molar-refractivity contribution in [1.29, 1.82) is 0 Å². The largest absolute Gasteiger partial charge is 0.459 e. The number of hydrogen-bond acceptors (Lipinski definition) is 5. The molecule has 3 aromatic carbocycles. The zero-order valence-corrected chi connectivity index (χ0v) is 21.4. The van der Waals surface area contributed by atoms with E-state index in [1.54, 1.807) is 24.3 Å². The number of esters is 1. The van der Waals surface area contributed by atoms with Crippen LogP contribution in [0.25, 0.3) is 0 Å². The zero-order valence-electron chi connectivity index (χ0n) is 20.6. The topological polar surface area (TPSA) is 63.6 Å². The fourth-order valence-corrected chi connectivity index (χ4v) is 6.37. The standard InChI is InChI=1S/C31H32O4S/c1-2-3-7-20-12-16-22(17-13-20)35-31(34)21-14-18-23(19-15-21)36-27-11-6-10-26-28(27)30(33)25-9-5-4-8-24(25)29(26)32/h4-6,8-11,14-15,18-20,22,29,32H,2-3,7,12-13,16-17H2,1H3. The minimum Gasteiger partial charge on any atom is -0.459 e. The molecule has 0 heterocycles. The smallest absolute Gasteiger partial charge is 0.338 e. The molecule has 2 aliphatic carbocycles. The van der Waals surface area contributed by atoms with Gasteiger partial charge in [0.15, 0.2) is 5.78 Å². The first-order valence-electron chi connectivity index (χ1n) is 13.0. The van der Waals surface area contributed by atoms with Crippen molar-refractivity contribution >= 4 is 23.5 Å². The second-order valence-corrected chi connectivity index (χ2v) is 11.0. The third kappa shape index (κ3) is 5.14. The molecule has 5 heteroatoms. The van der Waals surface area contributed by atoms with Gasteiger partial charge >= 0.3 is 5.97 Å². The van der Waals surface area contributed by atoms with Crippen molar-refractivity contribution in [3.63, 3.8) is 0 Å². The van der Waals surface area contributed by atoms with Crippen LogP contribution in [0.5, 0.6) is 0 Å². The molecule has 0 bridgehead atoms. The van der Waals surface area contributed by atoms with Crippen LogP contribution < -0.4 is 0 Å². The summed E-state index contributed by atoms with van der Waals surface area (Å²) in [5.41, 5.74) is 2.92. The van der Waals surface area contributed by atoms with Gasteiger partial charge < -0.3 is 9.84 Å². The molecule has 0 aromatic heterocycles. The Labute approximate surface area is 217 Å². The summed E-state index contributed by atoms with van der Waals surface area (Å²) in [5, 5.41) is 10.9. The van der Waals surface area contributed by atoms with Crippen LogP contribution in [0, 0.1) is 5.92 Å². The summed E-state index contributed by atoms with van der Waals surface area (Å²) in [6, 6.07) is 20.2. The Bertz CT molecular complexity index is 1240. The van der Waals surface area contributed by atoms with Crippen LogP contribution >= 0.6 is 11.8 Å². The molecule has 1 fully saturated rings. The molecule has 5 rings (SSSR count). The Hall–Kier alpha value is -2.89. The summed E-state index contributed by atoms with van der Waals surface area (Å²) in [6.07, 6.45) is 7.20. The maximum absolute atomic E-state index is 13.3. The van der Waals surface area contributed by atoms with Crippen LogP contribution in [0.4, 0.5) is 0 Å². The van der Waals surface area contributed by atoms with Gasteiger partial charge in [-0.15, -0.1) is 0 Å². The minimum atomic E-state index is -0.826. The predicted molar refractivity (Wildman–Crippen MR) is 142 cm³/mol. The van der Waals surface area contributed by atoms with Gasteiger partial charge in [-0.25, -0.2) is 4.79 Å². The molecule has 0 aliphatic heterocycles. The summed E-state index contributed by atoms with van der Waals surface area (Å²) in [6.45, 7) is 2.23. The molecule has 3 aromatic rings. The van der Waals surface area contributed by atoms with Gasteiger partial charge in [-0.3, -0.25) is 4.79 Å². The summed E-state index contributed by atoms with van der Waals surface area (Å²) in [7, 11) is 0. The van der Waals surface area contributed by atoms with Gasteiger partial charge in [-0.2, -0.15) is 0 Å². The Morgan fingerprint density at radius 2 is 1.67 bits per heavy atom. The molecule has 36 heavy (non-hydrogen) atoms. The van der Waals surface area contributed by atoms with Crippen molar-refractivity contribution in [2.24, 2.45) is 5.92 Å². The van der Waals surface area contributed by atoms with Crippen LogP contribution in [-0.4, -0.2) is 23.0 Å². The van der Waals surface area contributed by atoms with E-state index in [-0.39, 0.29) is 17.9 Å². The predicted octanol–water partition coefficient (Wildman–Crippen LogP) is 7.37. The van der Waals surface area contributed by atoms with E-state index in [0.717, 1.165) is 41.4 Å². The average Bonchev–Trinajstić information content (AvgIpc) is 2.91. The molecule has 1 unspecified atom stereocenters. The maximum Gasteiger partial charge on any atom is 0.338 e. The van der Waals surface area contributed by atoms with Gasteiger partial charge in [-0.05, 0) is 73.1 Å². The van der Waals surface area contributed by atoms with Crippen LogP contribution in [0.15, 0.2) is 76.5 Å². The summed E-state index contributed by atoms with van der Waals surface area (Å²) < 4.78 is 5.80. The summed E-state index contributed by atoms with van der Waals surface area (Å²) in [5.74, 6) is 0.440. The zero-order chi connectivity index (χ0) is 25.1. The van der Waals surface area contributed by atoms with Crippen molar-refractivity contribution in [3.05, 3.63) is 94.5 Å². The number of carbonyl (C=O) groups is 2. The van der Waals surface area contributed by atoms with Gasteiger partial charge in [0, 0.05) is 20.9 Å². The lowest BCUT2D eigenvalue weighted by Gasteiger charge is -2.28. The first kappa shape index (κ1) is 24.8. The third-order valence-corrected chi connectivity index (χ3v) is 8.50. The van der Waals surface area contributed by atoms with E-state index in [1.807, 2.05) is 42.5 Å². The number of ether oxygens (including phenoxy) is 1. The molecule has 0 radical (unpaired) electrons. The van der Waals surface area contributed by atoms with Gasteiger partial charge in [0.05, 0.1) is 5.56 Å². The first-order chi connectivity index (χ1) is 17.5. The highest BCUT2D eigenvalue weighted by molar-refractivity contribution is 7.99. The number of ketones is 1. The molecule has 2 aliphatic rings. The van der Waals surface area contributed by atoms with E-state index < -0.39 is 6.10 Å². The molecule has 0 amide bonds. The number of fused-ring (bicyclic) bond motifs is 2. The fourth-order valence-electron chi connectivity index (χ4n) is 5.39. The fraction of sp³-hybridized carbons (Fsp3) is 0.355. The molecule has 0 spiro atoms. The van der Waals surface area contributed by atoms with Gasteiger partial charge in [0.2, 0.25) is 0 Å². The van der Waals surface area contributed by atoms with E-state index in [2.05, 4.69) is 6.92 Å². The molecule has 1 N–H and O–H groups in total. The third-order valence-electron chi connectivity index (χ3n) is 7.43. The second kappa shape index (κ2) is 11.0. The van der Waals surface area contributed by atoms with E-state index in [1.165, 1.54) is 31.0 Å². The Morgan fingerprint density at radius 1 is 0.944 bits per heavy atom. The number of rotatable bonds is 7. The molecule has 4 nitrogen and oxygen atoms in total. The van der Waals surface area contributed by atoms with Crippen molar-refractivity contribution in [2.75, 3.05) is 0 Å². The SMILES string of the molecule is CCCCC1CCC(OC(=O)c2ccc(Sc3cccc4c3C(=O)c3ccccc3C4O)cc2)CC1. The van der Waals surface area contributed by atoms with Crippen LogP contribution in [0.1, 0.15) is 95.4 Å². The number of aliphatic hydroxyl groups is 1. The highest BCUT2D eigenvalue weighted by Crippen LogP contribution is 2.41. The first-order valence-corrected chi connectivity index (χ1v) is 13.8. The summed E-state index contributed by atoms with van der Waals surface area (Å²) in [4.78, 5) is 27.7. The van der Waals surface area contributed by atoms with E-state index in [9.17, 15) is 14.7 Å². The molecule has 1 atom stereocenters. The van der Waals surface area contributed by atoms with Crippen molar-refractivity contribution < 1.29 is 19.4 Å². The van der Waals surface area contributed by atoms with Gasteiger partial charge in [0.1, 0.15) is 12.2 Å². The van der Waals surface area contributed by atoms with Crippen molar-refractivity contribution in [1.82, 2.24) is 0 Å². The quantitative estimate of drug-likeness (QED) is 0.343. The Morgan fingerprint density at radius 3 is 2.42 bits per heavy atom. The monoisotopic (exact) mass is 500 g/mol. The molecule has 186 valence electrons. The lowest BCUT2D eigenvalue weighted by atomic mass is 9.83. The highest BCUT2D eigenvalue weighted by atomic mass is 32.2. The molecule has 1 saturated carbocycles. The lowest BCUT2D eigenvalue weighted by molar-refractivity contribution is 0.0161. The second-order valence-electron chi connectivity index (χ2n) is 9.86. The average molecular weight is 501 g/mol. The molecular weight excluding hydrogens is 468 g/mol. The minimum absolute atomic E-state index is 0.0144. The normalized spacial score (nSPS) is 20.9. The molecular formula is C31H32O4S. The van der Waals surface area contributed by atoms with E-state index >= 15 is 0 Å². The van der Waals surface area contributed by atoms with Crippen LogP contribution in [0.2, 0.25) is 0 Å². The number of hydrogen-bond donors (Lipinski definition) is 1. The van der Waals surface area contributed by atoms with Crippen molar-refractivity contribution in [3.8, 4) is 0 Å². The number of carbonyl (C=O) groups excluding carboxylic acids is 2. The van der Waals surface area contributed by atoms with Crippen molar-refractivity contribution in [2.45, 2.75) is 73.9 Å². The number of benzene rings is 3. The Balaban J connectivity index is 1.25. The van der Waals surface area contributed by atoms with E-state index in [0.29, 0.717) is 27.8 Å². The van der Waals surface area contributed by atoms with Gasteiger partial charge in [0.25, 0.3) is 0 Å². The lowest BCUT2D eigenvalue weighted by Crippen LogP contribution is -2.24. The van der Waals surface area contributed by atoms with Crippen LogP contribution in [-0.2, 0) is 4.74 Å². The maximum atomic E-state index is 13.3. The number of aliphatic hydroxyl groups excluding tert-OH is 1. The van der Waals surface area contributed by atoms with Crippen LogP contribution in [0.3, 0.4) is 0 Å². The molecule has 0 saturated heterocycles.